The number of carboxylic acids is 2. The van der Waals surface area contributed by atoms with Gasteiger partial charge in [-0.1, -0.05) is 18.2 Å². The van der Waals surface area contributed by atoms with Crippen molar-refractivity contribution in [3.8, 4) is 0 Å². The molecule has 214 valence electrons. The molecule has 0 saturated heterocycles. The van der Waals surface area contributed by atoms with Gasteiger partial charge in [0.25, 0.3) is 0 Å². The maximum Gasteiger partial charge on any atom is 0.326 e. The molecular weight excluding hydrogens is 526 g/mol. The summed E-state index contributed by atoms with van der Waals surface area (Å²) in [5, 5.41) is 36.0. The van der Waals surface area contributed by atoms with Crippen LogP contribution in [0.2, 0.25) is 0 Å². The van der Waals surface area contributed by atoms with Crippen LogP contribution in [0.25, 0.3) is 10.9 Å². The lowest BCUT2D eigenvalue weighted by Gasteiger charge is -2.24. The van der Waals surface area contributed by atoms with Crippen LogP contribution in [0.1, 0.15) is 24.1 Å². The quantitative estimate of drug-likeness (QED) is 0.103. The average molecular weight is 558 g/mol. The third kappa shape index (κ3) is 8.12. The molecule has 4 unspecified atom stereocenters. The Hall–Kier alpha value is -4.76. The smallest absolute Gasteiger partial charge is 0.326 e. The van der Waals surface area contributed by atoms with E-state index < -0.39 is 66.9 Å². The van der Waals surface area contributed by atoms with Gasteiger partial charge >= 0.3 is 11.9 Å². The van der Waals surface area contributed by atoms with Gasteiger partial charge in [0, 0.05) is 41.8 Å². The van der Waals surface area contributed by atoms with Gasteiger partial charge in [-0.15, -0.1) is 0 Å². The molecule has 3 rings (SSSR count). The van der Waals surface area contributed by atoms with Crippen molar-refractivity contribution in [3.05, 3.63) is 54.2 Å². The number of aliphatic carboxylic acids is 2. The number of aliphatic hydroxyl groups excluding tert-OH is 1. The average Bonchev–Trinajstić information content (AvgIpc) is 3.58. The lowest BCUT2D eigenvalue weighted by Crippen LogP contribution is -2.58. The first kappa shape index (κ1) is 29.8. The fourth-order valence-electron chi connectivity index (χ4n) is 4.00. The Labute approximate surface area is 227 Å². The number of carbonyl (C=O) groups excluding carboxylic acids is 3. The SMILES string of the molecule is NC(Cc1c[nH]c2ccccc12)C(=O)NC(CCC(=O)O)C(=O)NC(CO)C(=O)NC(Cc1cnc[nH]1)C(=O)O. The second kappa shape index (κ2) is 13.9. The first-order valence-corrected chi connectivity index (χ1v) is 12.3. The van der Waals surface area contributed by atoms with Gasteiger partial charge in [0.15, 0.2) is 0 Å². The lowest BCUT2D eigenvalue weighted by atomic mass is 10.0. The van der Waals surface area contributed by atoms with Gasteiger partial charge < -0.3 is 47.0 Å². The van der Waals surface area contributed by atoms with Crippen LogP contribution in [0.5, 0.6) is 0 Å². The van der Waals surface area contributed by atoms with Gasteiger partial charge in [-0.05, 0) is 24.5 Å². The maximum absolute atomic E-state index is 13.0. The van der Waals surface area contributed by atoms with E-state index in [-0.39, 0.29) is 19.3 Å². The molecule has 0 fully saturated rings. The molecule has 1 aromatic carbocycles. The summed E-state index contributed by atoms with van der Waals surface area (Å²) in [6, 6.07) is 1.93. The van der Waals surface area contributed by atoms with Crippen molar-refractivity contribution in [2.45, 2.75) is 49.9 Å². The van der Waals surface area contributed by atoms with Gasteiger partial charge in [0.1, 0.15) is 18.1 Å². The molecule has 0 saturated carbocycles. The fraction of sp³-hybridized carbons (Fsp3) is 0.360. The largest absolute Gasteiger partial charge is 0.481 e. The van der Waals surface area contributed by atoms with E-state index in [1.807, 2.05) is 24.3 Å². The number of hydrogen-bond donors (Lipinski definition) is 9. The van der Waals surface area contributed by atoms with E-state index in [9.17, 15) is 34.2 Å². The van der Waals surface area contributed by atoms with Crippen molar-refractivity contribution < 1.29 is 39.3 Å². The summed E-state index contributed by atoms with van der Waals surface area (Å²) >= 11 is 0. The molecule has 4 atom stereocenters. The molecule has 2 heterocycles. The molecular formula is C25H31N7O8. The Balaban J connectivity index is 1.65. The van der Waals surface area contributed by atoms with E-state index >= 15 is 0 Å². The second-order valence-corrected chi connectivity index (χ2v) is 9.09. The van der Waals surface area contributed by atoms with Crippen LogP contribution in [0.15, 0.2) is 43.0 Å². The van der Waals surface area contributed by atoms with Gasteiger partial charge in [-0.25, -0.2) is 9.78 Å². The number of rotatable bonds is 15. The monoisotopic (exact) mass is 557 g/mol. The minimum absolute atomic E-state index is 0.123. The van der Waals surface area contributed by atoms with Crippen LogP contribution in [0, 0.1) is 0 Å². The molecule has 0 aliphatic carbocycles. The molecule has 10 N–H and O–H groups in total. The van der Waals surface area contributed by atoms with Crippen LogP contribution < -0.4 is 21.7 Å². The number of fused-ring (bicyclic) bond motifs is 1. The Bertz CT molecular complexity index is 1340. The molecule has 3 aromatic rings. The van der Waals surface area contributed by atoms with Crippen molar-refractivity contribution in [2.24, 2.45) is 5.73 Å². The number of carbonyl (C=O) groups is 5. The maximum atomic E-state index is 13.0. The summed E-state index contributed by atoms with van der Waals surface area (Å²) in [5.74, 6) is -5.27. The number of para-hydroxylation sites is 1. The number of imidazole rings is 1. The van der Waals surface area contributed by atoms with Crippen LogP contribution in [0.3, 0.4) is 0 Å². The van der Waals surface area contributed by atoms with E-state index in [2.05, 4.69) is 30.9 Å². The standard InChI is InChI=1S/C25H31N7O8/c26-16(7-13-9-28-17-4-2-1-3-15(13)17)22(36)30-18(5-6-21(34)35)23(37)32-20(11-33)24(38)31-19(25(39)40)8-14-10-27-12-29-14/h1-4,9-10,12,16,18-20,28,33H,5-8,11,26H2,(H,27,29)(H,30,36)(H,31,38)(H,32,37)(H,34,35)(H,39,40). The molecule has 2 aromatic heterocycles. The van der Waals surface area contributed by atoms with E-state index in [0.717, 1.165) is 16.5 Å². The number of aliphatic hydroxyl groups is 1. The summed E-state index contributed by atoms with van der Waals surface area (Å²) < 4.78 is 0. The van der Waals surface area contributed by atoms with Crippen molar-refractivity contribution in [1.82, 2.24) is 30.9 Å². The molecule has 0 radical (unpaired) electrons. The van der Waals surface area contributed by atoms with Crippen molar-refractivity contribution in [3.63, 3.8) is 0 Å². The highest BCUT2D eigenvalue weighted by molar-refractivity contribution is 5.94. The Morgan fingerprint density at radius 3 is 2.23 bits per heavy atom. The van der Waals surface area contributed by atoms with E-state index in [1.165, 1.54) is 12.5 Å². The van der Waals surface area contributed by atoms with Gasteiger partial charge in [0.2, 0.25) is 17.7 Å². The molecule has 0 bridgehead atoms. The second-order valence-electron chi connectivity index (χ2n) is 9.09. The minimum Gasteiger partial charge on any atom is -0.481 e. The third-order valence-corrected chi connectivity index (χ3v) is 6.14. The minimum atomic E-state index is -1.58. The number of carboxylic acid groups (broad SMARTS) is 2. The molecule has 15 nitrogen and oxygen atoms in total. The first-order chi connectivity index (χ1) is 19.1. The van der Waals surface area contributed by atoms with E-state index in [1.54, 1.807) is 6.20 Å². The number of hydrogen-bond acceptors (Lipinski definition) is 8. The highest BCUT2D eigenvalue weighted by atomic mass is 16.4. The topological polar surface area (TPSA) is 253 Å². The molecule has 0 aliphatic heterocycles. The van der Waals surface area contributed by atoms with Crippen LogP contribution >= 0.6 is 0 Å². The number of H-pyrrole nitrogens is 2. The zero-order valence-corrected chi connectivity index (χ0v) is 21.3. The molecule has 40 heavy (non-hydrogen) atoms. The summed E-state index contributed by atoms with van der Waals surface area (Å²) in [5.41, 5.74) is 8.13. The summed E-state index contributed by atoms with van der Waals surface area (Å²) in [6.45, 7) is -0.895. The molecule has 0 spiro atoms. The Kier molecular flexibility index (Phi) is 10.3. The summed E-state index contributed by atoms with van der Waals surface area (Å²) in [7, 11) is 0. The number of aromatic nitrogens is 3. The number of nitrogens with two attached hydrogens (primary N) is 1. The van der Waals surface area contributed by atoms with Crippen molar-refractivity contribution >= 4 is 40.6 Å². The number of amides is 3. The van der Waals surface area contributed by atoms with E-state index in [4.69, 9.17) is 10.8 Å². The highest BCUT2D eigenvalue weighted by Crippen LogP contribution is 2.18. The first-order valence-electron chi connectivity index (χ1n) is 12.3. The number of benzene rings is 1. The van der Waals surface area contributed by atoms with Gasteiger partial charge in [0.05, 0.1) is 19.0 Å². The highest BCUT2D eigenvalue weighted by Gasteiger charge is 2.30. The zero-order valence-electron chi connectivity index (χ0n) is 21.3. The Morgan fingerprint density at radius 1 is 0.900 bits per heavy atom. The predicted molar refractivity (Wildman–Crippen MR) is 140 cm³/mol. The van der Waals surface area contributed by atoms with Crippen LogP contribution in [-0.4, -0.2) is 90.7 Å². The normalized spacial score (nSPS) is 14.1. The predicted octanol–water partition coefficient (Wildman–Crippen LogP) is -1.60. The molecule has 0 aliphatic rings. The van der Waals surface area contributed by atoms with Crippen LogP contribution in [0.4, 0.5) is 0 Å². The van der Waals surface area contributed by atoms with Crippen LogP contribution in [-0.2, 0) is 36.8 Å². The number of nitrogens with zero attached hydrogens (tertiary/aromatic N) is 1. The number of nitrogens with one attached hydrogen (secondary N) is 5. The van der Waals surface area contributed by atoms with Gasteiger partial charge in [-0.2, -0.15) is 0 Å². The Morgan fingerprint density at radius 2 is 1.57 bits per heavy atom. The lowest BCUT2D eigenvalue weighted by molar-refractivity contribution is -0.142. The third-order valence-electron chi connectivity index (χ3n) is 6.14. The zero-order chi connectivity index (χ0) is 29.2. The molecule has 15 heteroatoms. The summed E-state index contributed by atoms with van der Waals surface area (Å²) in [6.07, 6.45) is 3.60. The van der Waals surface area contributed by atoms with E-state index in [0.29, 0.717) is 5.69 Å². The fourth-order valence-corrected chi connectivity index (χ4v) is 4.00. The molecule has 3 amide bonds. The van der Waals surface area contributed by atoms with Gasteiger partial charge in [-0.3, -0.25) is 19.2 Å². The number of aromatic amines is 2. The van der Waals surface area contributed by atoms with Crippen molar-refractivity contribution in [2.75, 3.05) is 6.61 Å². The van der Waals surface area contributed by atoms with Crippen molar-refractivity contribution in [1.29, 1.82) is 0 Å². The summed E-state index contributed by atoms with van der Waals surface area (Å²) in [4.78, 5) is 70.8.